The number of nitrogens with zero attached hydrogens (tertiary/aromatic N) is 3. The highest BCUT2D eigenvalue weighted by Gasteiger charge is 2.16. The molecule has 4 heteroatoms. The summed E-state index contributed by atoms with van der Waals surface area (Å²) < 4.78 is 97.4. The van der Waals surface area contributed by atoms with Crippen molar-refractivity contribution >= 4 is 31.5 Å². The molecule has 0 aliphatic heterocycles. The molecule has 49 heavy (non-hydrogen) atoms. The highest BCUT2D eigenvalue weighted by molar-refractivity contribution is 7.26. The van der Waals surface area contributed by atoms with E-state index in [0.29, 0.717) is 11.1 Å². The Hall–Kier alpha value is -6.23. The van der Waals surface area contributed by atoms with Crippen molar-refractivity contribution in [3.63, 3.8) is 0 Å². The molecule has 7 aromatic carbocycles. The Labute approximate surface area is 304 Å². The molecule has 0 aliphatic rings. The summed E-state index contributed by atoms with van der Waals surface area (Å²) in [5, 5.41) is -0.0243. The van der Waals surface area contributed by atoms with E-state index >= 15 is 0 Å². The van der Waals surface area contributed by atoms with Crippen molar-refractivity contribution in [2.24, 2.45) is 0 Å². The molecule has 0 fully saturated rings. The summed E-state index contributed by atoms with van der Waals surface area (Å²) in [4.78, 5) is 14.6. The third kappa shape index (κ3) is 5.58. The molecular formula is C45H29N3S. The first-order valence-corrected chi connectivity index (χ1v) is 16.3. The lowest BCUT2D eigenvalue weighted by Gasteiger charge is -2.11. The van der Waals surface area contributed by atoms with Crippen molar-refractivity contribution in [2.45, 2.75) is 0 Å². The molecule has 0 saturated carbocycles. The predicted octanol–water partition coefficient (Wildman–Crippen LogP) is 12.2. The molecule has 0 spiro atoms. The zero-order chi connectivity index (χ0) is 42.1. The SMILES string of the molecule is [2H]c1c([2H])c([2H])c(-c2c([2H])c([2H])c([2H])c3sc4c([2H])c(-c5nc(-c6cccc(-c7ccccc7)c6)nc(-c6cccc(-c7ccccc7)c6)n5)c([2H])c([2H])c4c23)c([2H])c1[2H]. The lowest BCUT2D eigenvalue weighted by molar-refractivity contribution is 1.07. The molecule has 0 saturated heterocycles. The van der Waals surface area contributed by atoms with E-state index < -0.39 is 54.4 Å². The number of benzene rings is 7. The van der Waals surface area contributed by atoms with Gasteiger partial charge in [-0.1, -0.05) is 151 Å². The third-order valence-electron chi connectivity index (χ3n) is 8.14. The summed E-state index contributed by atoms with van der Waals surface area (Å²) in [6, 6.07) is 29.1. The van der Waals surface area contributed by atoms with Gasteiger partial charge >= 0.3 is 0 Å². The van der Waals surface area contributed by atoms with E-state index in [1.54, 1.807) is 0 Å². The van der Waals surface area contributed by atoms with Crippen LogP contribution in [0.5, 0.6) is 0 Å². The van der Waals surface area contributed by atoms with Crippen molar-refractivity contribution in [2.75, 3.05) is 0 Å². The van der Waals surface area contributed by atoms with Crippen LogP contribution in [0.15, 0.2) is 176 Å². The fraction of sp³-hybridized carbons (Fsp3) is 0. The highest BCUT2D eigenvalue weighted by Crippen LogP contribution is 2.41. The highest BCUT2D eigenvalue weighted by atomic mass is 32.1. The Kier molecular flexibility index (Phi) is 4.96. The van der Waals surface area contributed by atoms with Crippen LogP contribution in [0, 0.1) is 0 Å². The van der Waals surface area contributed by atoms with Crippen LogP contribution in [0.4, 0.5) is 0 Å². The van der Waals surface area contributed by atoms with E-state index in [4.69, 9.17) is 25.9 Å². The van der Waals surface area contributed by atoms with Gasteiger partial charge in [-0.05, 0) is 57.6 Å². The van der Waals surface area contributed by atoms with Crippen LogP contribution in [-0.2, 0) is 0 Å². The molecule has 0 radical (unpaired) electrons. The largest absolute Gasteiger partial charge is 0.208 e. The minimum Gasteiger partial charge on any atom is -0.208 e. The van der Waals surface area contributed by atoms with Gasteiger partial charge in [0.05, 0.1) is 15.1 Å². The normalized spacial score (nSPS) is 14.4. The van der Waals surface area contributed by atoms with Crippen molar-refractivity contribution < 1.29 is 15.1 Å². The second kappa shape index (κ2) is 12.4. The number of thiophene rings is 1. The summed E-state index contributed by atoms with van der Waals surface area (Å²) in [6.07, 6.45) is 0. The Morgan fingerprint density at radius 2 is 0.959 bits per heavy atom. The first-order chi connectivity index (χ1) is 28.8. The van der Waals surface area contributed by atoms with Crippen LogP contribution in [0.25, 0.3) is 87.7 Å². The molecule has 3 nitrogen and oxygen atoms in total. The Balaban J connectivity index is 1.33. The Morgan fingerprint density at radius 1 is 0.408 bits per heavy atom. The van der Waals surface area contributed by atoms with Crippen molar-refractivity contribution in [3.05, 3.63) is 176 Å². The molecule has 0 unspecified atom stereocenters. The maximum Gasteiger partial charge on any atom is 0.164 e. The molecule has 2 heterocycles. The number of aromatic nitrogens is 3. The molecule has 230 valence electrons. The maximum absolute atomic E-state index is 9.62. The van der Waals surface area contributed by atoms with E-state index in [9.17, 15) is 4.11 Å². The van der Waals surface area contributed by atoms with Gasteiger partial charge in [-0.25, -0.2) is 15.0 Å². The maximum atomic E-state index is 9.62. The van der Waals surface area contributed by atoms with Crippen LogP contribution in [0.3, 0.4) is 0 Å². The predicted molar refractivity (Wildman–Crippen MR) is 205 cm³/mol. The Morgan fingerprint density at radius 3 is 1.57 bits per heavy atom. The topological polar surface area (TPSA) is 38.7 Å². The average Bonchev–Trinajstić information content (AvgIpc) is 3.69. The van der Waals surface area contributed by atoms with Crippen molar-refractivity contribution in [1.82, 2.24) is 15.0 Å². The smallest absolute Gasteiger partial charge is 0.164 e. The number of rotatable bonds is 6. The fourth-order valence-corrected chi connectivity index (χ4v) is 6.83. The standard InChI is InChI=1S/C45H29N3S/c1-4-13-30(14-5-1)33-19-10-21-35(27-33)43-46-44(36-22-11-20-34(28-36)31-15-6-2-7-16-31)48-45(47-43)37-25-26-39-41(29-37)49-40-24-12-23-38(42(39)40)32-17-8-3-9-18-32/h1-29H/i3D,8D,9D,12D,17D,18D,23D,24D,25D,26D,29D. The lowest BCUT2D eigenvalue weighted by atomic mass is 9.99. The monoisotopic (exact) mass is 654 g/mol. The summed E-state index contributed by atoms with van der Waals surface area (Å²) in [6.45, 7) is 0. The van der Waals surface area contributed by atoms with Gasteiger partial charge in [0.25, 0.3) is 0 Å². The fourth-order valence-electron chi connectivity index (χ4n) is 5.80. The zero-order valence-electron chi connectivity index (χ0n) is 36.6. The number of fused-ring (bicyclic) bond motifs is 3. The number of hydrogen-bond acceptors (Lipinski definition) is 4. The van der Waals surface area contributed by atoms with Gasteiger partial charge in [0.2, 0.25) is 0 Å². The summed E-state index contributed by atoms with van der Waals surface area (Å²) >= 11 is 0.896. The van der Waals surface area contributed by atoms with Gasteiger partial charge in [-0.15, -0.1) is 11.3 Å². The first-order valence-electron chi connectivity index (χ1n) is 21.0. The van der Waals surface area contributed by atoms with E-state index in [-0.39, 0.29) is 66.4 Å². The van der Waals surface area contributed by atoms with E-state index in [2.05, 4.69) is 0 Å². The Bertz CT molecular complexity index is 3100. The molecule has 0 atom stereocenters. The van der Waals surface area contributed by atoms with Gasteiger partial charge in [-0.3, -0.25) is 0 Å². The van der Waals surface area contributed by atoms with E-state index in [1.165, 1.54) is 0 Å². The van der Waals surface area contributed by atoms with Crippen molar-refractivity contribution in [3.8, 4) is 67.5 Å². The van der Waals surface area contributed by atoms with Gasteiger partial charge < -0.3 is 0 Å². The molecule has 9 rings (SSSR count). The van der Waals surface area contributed by atoms with Gasteiger partial charge in [0, 0.05) is 36.9 Å². The molecule has 0 aliphatic carbocycles. The van der Waals surface area contributed by atoms with Gasteiger partial charge in [0.1, 0.15) is 0 Å². The van der Waals surface area contributed by atoms with Crippen LogP contribution in [-0.4, -0.2) is 15.0 Å². The second-order valence-corrected chi connectivity index (χ2v) is 12.2. The molecule has 0 bridgehead atoms. The zero-order valence-corrected chi connectivity index (χ0v) is 26.5. The first kappa shape index (κ1) is 19.6. The van der Waals surface area contributed by atoms with E-state index in [1.807, 2.05) is 109 Å². The van der Waals surface area contributed by atoms with Crippen molar-refractivity contribution in [1.29, 1.82) is 0 Å². The van der Waals surface area contributed by atoms with Crippen LogP contribution in [0.2, 0.25) is 0 Å². The van der Waals surface area contributed by atoms with Gasteiger partial charge in [-0.2, -0.15) is 0 Å². The van der Waals surface area contributed by atoms with E-state index in [0.717, 1.165) is 33.6 Å². The molecule has 9 aromatic rings. The van der Waals surface area contributed by atoms with Crippen LogP contribution in [0.1, 0.15) is 15.1 Å². The van der Waals surface area contributed by atoms with Gasteiger partial charge in [0.15, 0.2) is 17.5 Å². The third-order valence-corrected chi connectivity index (χ3v) is 9.16. The molecular weight excluding hydrogens is 615 g/mol. The molecule has 0 N–H and O–H groups in total. The molecule has 2 aromatic heterocycles. The molecule has 0 amide bonds. The lowest BCUT2D eigenvalue weighted by Crippen LogP contribution is -2.00. The minimum absolute atomic E-state index is 0.00874. The summed E-state index contributed by atoms with van der Waals surface area (Å²) in [7, 11) is 0. The van der Waals surface area contributed by atoms with Crippen LogP contribution >= 0.6 is 11.3 Å². The average molecular weight is 655 g/mol. The summed E-state index contributed by atoms with van der Waals surface area (Å²) in [5.74, 6) is 0.468. The second-order valence-electron chi connectivity index (χ2n) is 11.2. The number of hydrogen-bond donors (Lipinski definition) is 0. The minimum atomic E-state index is -0.652. The van der Waals surface area contributed by atoms with Crippen LogP contribution < -0.4 is 0 Å². The quantitative estimate of drug-likeness (QED) is 0.179. The summed E-state index contributed by atoms with van der Waals surface area (Å²) in [5.41, 5.74) is 4.36.